The number of carbonyl (C=O) groups is 1. The summed E-state index contributed by atoms with van der Waals surface area (Å²) in [5.41, 5.74) is 0. The number of hydrogen-bond donors (Lipinski definition) is 1. The molecule has 4 rings (SSSR count). The molecule has 1 aromatic rings. The summed E-state index contributed by atoms with van der Waals surface area (Å²) in [6.45, 7) is 0. The van der Waals surface area contributed by atoms with Gasteiger partial charge in [-0.2, -0.15) is 0 Å². The highest BCUT2D eigenvalue weighted by Crippen LogP contribution is 2.45. The molecular weight excluding hydrogens is 372 g/mol. The summed E-state index contributed by atoms with van der Waals surface area (Å²) < 4.78 is 25.3. The Morgan fingerprint density at radius 1 is 1.25 bits per heavy atom. The van der Waals surface area contributed by atoms with Crippen molar-refractivity contribution < 1.29 is 13.2 Å². The number of thioether (sulfide) groups is 1. The van der Waals surface area contributed by atoms with Gasteiger partial charge >= 0.3 is 0 Å². The van der Waals surface area contributed by atoms with E-state index >= 15 is 0 Å². The SMILES string of the molecule is O=C(CSc1nnc(C2CC2)n1C1CC1)N[C@H]1CS(=O)(=O)C[C@@H]1Cl. The lowest BCUT2D eigenvalue weighted by molar-refractivity contribution is -0.119. The molecular formula is C14H19ClN4O3S2. The van der Waals surface area contributed by atoms with Crippen molar-refractivity contribution in [3.63, 3.8) is 0 Å². The number of aromatic nitrogens is 3. The van der Waals surface area contributed by atoms with Gasteiger partial charge in [0.15, 0.2) is 15.0 Å². The van der Waals surface area contributed by atoms with Gasteiger partial charge < -0.3 is 9.88 Å². The maximum atomic E-state index is 12.1. The van der Waals surface area contributed by atoms with Crippen LogP contribution in [0.5, 0.6) is 0 Å². The third-order valence-corrected chi connectivity index (χ3v) is 7.83. The van der Waals surface area contributed by atoms with Crippen molar-refractivity contribution in [1.29, 1.82) is 0 Å². The number of alkyl halides is 1. The molecule has 2 atom stereocenters. The molecule has 3 fully saturated rings. The van der Waals surface area contributed by atoms with Crippen LogP contribution in [0.1, 0.15) is 43.5 Å². The average molecular weight is 391 g/mol. The first-order chi connectivity index (χ1) is 11.4. The molecule has 2 heterocycles. The fourth-order valence-electron chi connectivity index (χ4n) is 3.00. The molecule has 2 aliphatic carbocycles. The van der Waals surface area contributed by atoms with Gasteiger partial charge in [0.05, 0.1) is 28.7 Å². The minimum Gasteiger partial charge on any atom is -0.350 e. The van der Waals surface area contributed by atoms with E-state index in [1.165, 1.54) is 24.6 Å². The van der Waals surface area contributed by atoms with Crippen LogP contribution in [0.25, 0.3) is 0 Å². The normalized spacial score (nSPS) is 28.9. The molecule has 0 unspecified atom stereocenters. The molecule has 1 amide bonds. The topological polar surface area (TPSA) is 93.9 Å². The zero-order chi connectivity index (χ0) is 16.9. The molecule has 7 nitrogen and oxygen atoms in total. The lowest BCUT2D eigenvalue weighted by Gasteiger charge is -2.14. The molecule has 0 aromatic carbocycles. The molecule has 24 heavy (non-hydrogen) atoms. The second-order valence-electron chi connectivity index (χ2n) is 6.77. The Morgan fingerprint density at radius 2 is 2.00 bits per heavy atom. The molecule has 1 aromatic heterocycles. The fourth-order valence-corrected chi connectivity index (χ4v) is 6.37. The van der Waals surface area contributed by atoms with Gasteiger partial charge in [-0.1, -0.05) is 11.8 Å². The van der Waals surface area contributed by atoms with Crippen molar-refractivity contribution in [2.45, 2.75) is 54.2 Å². The van der Waals surface area contributed by atoms with Crippen molar-refractivity contribution in [2.24, 2.45) is 0 Å². The number of halogens is 1. The van der Waals surface area contributed by atoms with Gasteiger partial charge in [-0.15, -0.1) is 21.8 Å². The standard InChI is InChI=1S/C14H19ClN4O3S2/c15-10-6-24(21,22)7-11(10)16-12(20)5-23-14-18-17-13(8-1-2-8)19(14)9-3-4-9/h8-11H,1-7H2,(H,16,20)/t10-,11-/m0/s1. The summed E-state index contributed by atoms with van der Waals surface area (Å²) in [5, 5.41) is 11.5. The predicted molar refractivity (Wildman–Crippen MR) is 91.2 cm³/mol. The molecule has 1 aliphatic heterocycles. The van der Waals surface area contributed by atoms with Crippen LogP contribution < -0.4 is 5.32 Å². The van der Waals surface area contributed by atoms with Crippen molar-refractivity contribution >= 4 is 39.1 Å². The summed E-state index contributed by atoms with van der Waals surface area (Å²) in [6.07, 6.45) is 4.63. The van der Waals surface area contributed by atoms with Gasteiger partial charge in [-0.3, -0.25) is 4.79 Å². The summed E-state index contributed by atoms with van der Waals surface area (Å²) in [7, 11) is -3.15. The van der Waals surface area contributed by atoms with Crippen LogP contribution >= 0.6 is 23.4 Å². The molecule has 1 saturated heterocycles. The zero-order valence-corrected chi connectivity index (χ0v) is 15.4. The molecule has 0 radical (unpaired) electrons. The summed E-state index contributed by atoms with van der Waals surface area (Å²) in [5.74, 6) is 1.40. The lowest BCUT2D eigenvalue weighted by Crippen LogP contribution is -2.41. The van der Waals surface area contributed by atoms with E-state index < -0.39 is 21.3 Å². The van der Waals surface area contributed by atoms with E-state index in [4.69, 9.17) is 11.6 Å². The second-order valence-corrected chi connectivity index (χ2v) is 10.4. The number of rotatable bonds is 6. The van der Waals surface area contributed by atoms with Crippen molar-refractivity contribution in [2.75, 3.05) is 17.3 Å². The van der Waals surface area contributed by atoms with Crippen LogP contribution in [0, 0.1) is 0 Å². The van der Waals surface area contributed by atoms with Crippen molar-refractivity contribution in [3.05, 3.63) is 5.82 Å². The van der Waals surface area contributed by atoms with E-state index in [0.29, 0.717) is 12.0 Å². The summed E-state index contributed by atoms with van der Waals surface area (Å²) >= 11 is 7.38. The van der Waals surface area contributed by atoms with Gasteiger partial charge in [-0.25, -0.2) is 8.42 Å². The van der Waals surface area contributed by atoms with Crippen molar-refractivity contribution in [1.82, 2.24) is 20.1 Å². The van der Waals surface area contributed by atoms with Crippen LogP contribution in [0.2, 0.25) is 0 Å². The van der Waals surface area contributed by atoms with Gasteiger partial charge in [0.1, 0.15) is 5.82 Å². The molecule has 132 valence electrons. The maximum Gasteiger partial charge on any atom is 0.230 e. The molecule has 0 bridgehead atoms. The zero-order valence-electron chi connectivity index (χ0n) is 13.0. The first-order valence-corrected chi connectivity index (χ1v) is 11.4. The Kier molecular flexibility index (Phi) is 4.29. The highest BCUT2D eigenvalue weighted by molar-refractivity contribution is 7.99. The molecule has 2 saturated carbocycles. The first-order valence-electron chi connectivity index (χ1n) is 8.14. The first kappa shape index (κ1) is 16.7. The maximum absolute atomic E-state index is 12.1. The number of hydrogen-bond acceptors (Lipinski definition) is 6. The molecule has 1 N–H and O–H groups in total. The minimum atomic E-state index is -3.15. The van der Waals surface area contributed by atoms with Crippen LogP contribution in [0.3, 0.4) is 0 Å². The molecule has 10 heteroatoms. The number of amides is 1. The Balaban J connectivity index is 1.36. The predicted octanol–water partition coefficient (Wildman–Crippen LogP) is 1.10. The Hall–Kier alpha value is -0.800. The summed E-state index contributed by atoms with van der Waals surface area (Å²) in [6, 6.07) is -0.0264. The Bertz CT molecular complexity index is 758. The van der Waals surface area contributed by atoms with Crippen LogP contribution in [0.15, 0.2) is 5.16 Å². The number of nitrogens with zero attached hydrogens (tertiary/aromatic N) is 3. The molecule has 0 spiro atoms. The highest BCUT2D eigenvalue weighted by Gasteiger charge is 2.38. The van der Waals surface area contributed by atoms with Gasteiger partial charge in [0.25, 0.3) is 0 Å². The largest absolute Gasteiger partial charge is 0.350 e. The smallest absolute Gasteiger partial charge is 0.230 e. The quantitative estimate of drug-likeness (QED) is 0.577. The monoisotopic (exact) mass is 390 g/mol. The van der Waals surface area contributed by atoms with Crippen LogP contribution in [0.4, 0.5) is 0 Å². The number of nitrogens with one attached hydrogen (secondary N) is 1. The van der Waals surface area contributed by atoms with E-state index in [1.54, 1.807) is 0 Å². The van der Waals surface area contributed by atoms with Gasteiger partial charge in [0, 0.05) is 12.0 Å². The second kappa shape index (κ2) is 6.17. The van der Waals surface area contributed by atoms with Gasteiger partial charge in [0.2, 0.25) is 5.91 Å². The van der Waals surface area contributed by atoms with E-state index in [2.05, 4.69) is 20.1 Å². The summed E-state index contributed by atoms with van der Waals surface area (Å²) in [4.78, 5) is 12.1. The third kappa shape index (κ3) is 3.57. The van der Waals surface area contributed by atoms with E-state index in [0.717, 1.165) is 23.8 Å². The Morgan fingerprint density at radius 3 is 2.58 bits per heavy atom. The number of sulfone groups is 1. The van der Waals surface area contributed by atoms with Gasteiger partial charge in [-0.05, 0) is 25.7 Å². The molecule has 3 aliphatic rings. The Labute approximate surface area is 149 Å². The van der Waals surface area contributed by atoms with E-state index in [9.17, 15) is 13.2 Å². The van der Waals surface area contributed by atoms with E-state index in [1.807, 2.05) is 0 Å². The highest BCUT2D eigenvalue weighted by atomic mass is 35.5. The lowest BCUT2D eigenvalue weighted by atomic mass is 10.2. The van der Waals surface area contributed by atoms with E-state index in [-0.39, 0.29) is 23.2 Å². The number of carbonyl (C=O) groups excluding carboxylic acids is 1. The third-order valence-electron chi connectivity index (χ3n) is 4.51. The fraction of sp³-hybridized carbons (Fsp3) is 0.786. The average Bonchev–Trinajstić information content (AvgIpc) is 3.42. The van der Waals surface area contributed by atoms with Crippen molar-refractivity contribution in [3.8, 4) is 0 Å². The minimum absolute atomic E-state index is 0.0760. The van der Waals surface area contributed by atoms with Crippen LogP contribution in [-0.2, 0) is 14.6 Å². The van der Waals surface area contributed by atoms with Crippen LogP contribution in [-0.4, -0.2) is 57.8 Å².